The van der Waals surface area contributed by atoms with E-state index in [0.717, 1.165) is 23.7 Å². The number of nitrogens with zero attached hydrogens (tertiary/aromatic N) is 3. The standard InChI is InChI=1S/C14H13ClFN3O/c1-9-4-3-5-11(18-9)8-19(2)14(20)12-6-10(16)7-17-13(12)15/h3-7H,8H2,1-2H3. The Balaban J connectivity index is 2.18. The molecule has 6 heteroatoms. The van der Waals surface area contributed by atoms with Gasteiger partial charge in [0.1, 0.15) is 11.0 Å². The van der Waals surface area contributed by atoms with Crippen molar-refractivity contribution in [2.75, 3.05) is 7.05 Å². The number of carbonyl (C=O) groups is 1. The lowest BCUT2D eigenvalue weighted by Gasteiger charge is -2.17. The molecule has 20 heavy (non-hydrogen) atoms. The molecule has 0 atom stereocenters. The van der Waals surface area contributed by atoms with Gasteiger partial charge in [-0.15, -0.1) is 0 Å². The molecule has 0 radical (unpaired) electrons. The molecule has 0 spiro atoms. The van der Waals surface area contributed by atoms with Gasteiger partial charge in [-0.1, -0.05) is 17.7 Å². The van der Waals surface area contributed by atoms with Gasteiger partial charge in [0.2, 0.25) is 0 Å². The molecule has 0 N–H and O–H groups in total. The van der Waals surface area contributed by atoms with Gasteiger partial charge in [0.25, 0.3) is 5.91 Å². The van der Waals surface area contributed by atoms with Crippen LogP contribution in [0.1, 0.15) is 21.7 Å². The molecule has 2 rings (SSSR count). The van der Waals surface area contributed by atoms with Crippen molar-refractivity contribution in [3.63, 3.8) is 0 Å². The van der Waals surface area contributed by atoms with E-state index < -0.39 is 11.7 Å². The Morgan fingerprint density at radius 3 is 2.90 bits per heavy atom. The highest BCUT2D eigenvalue weighted by Crippen LogP contribution is 2.16. The van der Waals surface area contributed by atoms with Gasteiger partial charge < -0.3 is 4.90 Å². The van der Waals surface area contributed by atoms with Crippen LogP contribution in [0.15, 0.2) is 30.5 Å². The zero-order valence-electron chi connectivity index (χ0n) is 11.1. The molecule has 2 aromatic rings. The summed E-state index contributed by atoms with van der Waals surface area (Å²) in [4.78, 5) is 21.6. The number of halogens is 2. The Labute approximate surface area is 121 Å². The quantitative estimate of drug-likeness (QED) is 0.818. The number of hydrogen-bond donors (Lipinski definition) is 0. The van der Waals surface area contributed by atoms with Crippen molar-refractivity contribution in [1.82, 2.24) is 14.9 Å². The van der Waals surface area contributed by atoms with Gasteiger partial charge in [0.15, 0.2) is 0 Å². The van der Waals surface area contributed by atoms with Crippen molar-refractivity contribution in [3.05, 3.63) is 58.4 Å². The molecule has 0 saturated heterocycles. The van der Waals surface area contributed by atoms with E-state index in [0.29, 0.717) is 6.54 Å². The topological polar surface area (TPSA) is 46.1 Å². The lowest BCUT2D eigenvalue weighted by Crippen LogP contribution is -2.27. The molecule has 104 valence electrons. The van der Waals surface area contributed by atoms with E-state index in [1.165, 1.54) is 4.90 Å². The first kappa shape index (κ1) is 14.4. The van der Waals surface area contributed by atoms with Gasteiger partial charge in [0.05, 0.1) is 24.0 Å². The fourth-order valence-electron chi connectivity index (χ4n) is 1.78. The highest BCUT2D eigenvalue weighted by molar-refractivity contribution is 6.32. The van der Waals surface area contributed by atoms with E-state index in [4.69, 9.17) is 11.6 Å². The van der Waals surface area contributed by atoms with Crippen LogP contribution in [0, 0.1) is 12.7 Å². The third kappa shape index (κ3) is 3.30. The maximum absolute atomic E-state index is 13.1. The minimum absolute atomic E-state index is 0.0135. The van der Waals surface area contributed by atoms with Gasteiger partial charge in [-0.3, -0.25) is 9.78 Å². The average Bonchev–Trinajstić information content (AvgIpc) is 2.40. The van der Waals surface area contributed by atoms with E-state index in [2.05, 4.69) is 9.97 Å². The second kappa shape index (κ2) is 5.96. The molecule has 0 aliphatic heterocycles. The van der Waals surface area contributed by atoms with Crippen LogP contribution >= 0.6 is 11.6 Å². The predicted molar refractivity (Wildman–Crippen MR) is 74.0 cm³/mol. The number of rotatable bonds is 3. The van der Waals surface area contributed by atoms with Crippen molar-refractivity contribution < 1.29 is 9.18 Å². The van der Waals surface area contributed by atoms with E-state index in [1.54, 1.807) is 7.05 Å². The first-order valence-electron chi connectivity index (χ1n) is 5.96. The van der Waals surface area contributed by atoms with Gasteiger partial charge in [0, 0.05) is 12.7 Å². The smallest absolute Gasteiger partial charge is 0.257 e. The molecule has 1 amide bonds. The number of pyridine rings is 2. The van der Waals surface area contributed by atoms with Crippen LogP contribution in [-0.2, 0) is 6.54 Å². The maximum Gasteiger partial charge on any atom is 0.257 e. The average molecular weight is 294 g/mol. The van der Waals surface area contributed by atoms with Crippen LogP contribution in [0.3, 0.4) is 0 Å². The molecule has 2 aromatic heterocycles. The third-order valence-electron chi connectivity index (χ3n) is 2.73. The van der Waals surface area contributed by atoms with E-state index in [1.807, 2.05) is 25.1 Å². The number of carbonyl (C=O) groups excluding carboxylic acids is 1. The van der Waals surface area contributed by atoms with Gasteiger partial charge in [-0.05, 0) is 25.1 Å². The lowest BCUT2D eigenvalue weighted by atomic mass is 10.2. The van der Waals surface area contributed by atoms with E-state index >= 15 is 0 Å². The predicted octanol–water partition coefficient (Wildman–Crippen LogP) is 2.85. The Morgan fingerprint density at radius 2 is 2.20 bits per heavy atom. The molecule has 0 bridgehead atoms. The summed E-state index contributed by atoms with van der Waals surface area (Å²) >= 11 is 5.82. The molecular formula is C14H13ClFN3O. The second-order valence-electron chi connectivity index (χ2n) is 4.42. The fourth-order valence-corrected chi connectivity index (χ4v) is 1.96. The Hall–Kier alpha value is -2.01. The Morgan fingerprint density at radius 1 is 1.45 bits per heavy atom. The van der Waals surface area contributed by atoms with Crippen LogP contribution < -0.4 is 0 Å². The van der Waals surface area contributed by atoms with Crippen LogP contribution in [-0.4, -0.2) is 27.8 Å². The molecule has 0 saturated carbocycles. The van der Waals surface area contributed by atoms with E-state index in [9.17, 15) is 9.18 Å². The highest BCUT2D eigenvalue weighted by Gasteiger charge is 2.17. The highest BCUT2D eigenvalue weighted by atomic mass is 35.5. The third-order valence-corrected chi connectivity index (χ3v) is 3.03. The molecule has 0 aliphatic rings. The summed E-state index contributed by atoms with van der Waals surface area (Å²) in [7, 11) is 1.60. The summed E-state index contributed by atoms with van der Waals surface area (Å²) in [5, 5.41) is -0.0135. The van der Waals surface area contributed by atoms with Crippen LogP contribution in [0.5, 0.6) is 0 Å². The summed E-state index contributed by atoms with van der Waals surface area (Å²) in [6, 6.07) is 6.64. The van der Waals surface area contributed by atoms with Crippen molar-refractivity contribution >= 4 is 17.5 Å². The molecule has 4 nitrogen and oxygen atoms in total. The van der Waals surface area contributed by atoms with Crippen molar-refractivity contribution in [1.29, 1.82) is 0 Å². The minimum atomic E-state index is -0.597. The van der Waals surface area contributed by atoms with Crippen LogP contribution in [0.25, 0.3) is 0 Å². The van der Waals surface area contributed by atoms with Gasteiger partial charge in [-0.2, -0.15) is 0 Å². The molecule has 0 unspecified atom stereocenters. The molecule has 0 aromatic carbocycles. The summed E-state index contributed by atoms with van der Waals surface area (Å²) < 4.78 is 13.1. The minimum Gasteiger partial charge on any atom is -0.336 e. The van der Waals surface area contributed by atoms with Crippen LogP contribution in [0.4, 0.5) is 4.39 Å². The second-order valence-corrected chi connectivity index (χ2v) is 4.78. The van der Waals surface area contributed by atoms with Gasteiger partial charge >= 0.3 is 0 Å². The lowest BCUT2D eigenvalue weighted by molar-refractivity contribution is 0.0782. The maximum atomic E-state index is 13.1. The number of hydrogen-bond acceptors (Lipinski definition) is 3. The van der Waals surface area contributed by atoms with Crippen molar-refractivity contribution in [2.45, 2.75) is 13.5 Å². The fraction of sp³-hybridized carbons (Fsp3) is 0.214. The zero-order valence-corrected chi connectivity index (χ0v) is 11.9. The molecule has 0 aliphatic carbocycles. The van der Waals surface area contributed by atoms with Gasteiger partial charge in [-0.25, -0.2) is 9.37 Å². The normalized spacial score (nSPS) is 10.4. The number of amides is 1. The summed E-state index contributed by atoms with van der Waals surface area (Å²) in [5.41, 5.74) is 1.66. The summed E-state index contributed by atoms with van der Waals surface area (Å²) in [6.07, 6.45) is 0.973. The van der Waals surface area contributed by atoms with E-state index in [-0.39, 0.29) is 10.7 Å². The SMILES string of the molecule is Cc1cccc(CN(C)C(=O)c2cc(F)cnc2Cl)n1. The summed E-state index contributed by atoms with van der Waals surface area (Å²) in [6.45, 7) is 2.19. The van der Waals surface area contributed by atoms with Crippen molar-refractivity contribution in [3.8, 4) is 0 Å². The summed E-state index contributed by atoms with van der Waals surface area (Å²) in [5.74, 6) is -0.995. The zero-order chi connectivity index (χ0) is 14.7. The molecule has 2 heterocycles. The molecular weight excluding hydrogens is 281 g/mol. The first-order chi connectivity index (χ1) is 9.47. The number of aryl methyl sites for hydroxylation is 1. The number of aromatic nitrogens is 2. The van der Waals surface area contributed by atoms with Crippen molar-refractivity contribution in [2.24, 2.45) is 0 Å². The Bertz CT molecular complexity index is 648. The monoisotopic (exact) mass is 293 g/mol. The first-order valence-corrected chi connectivity index (χ1v) is 6.34. The Kier molecular flexibility index (Phi) is 4.29. The largest absolute Gasteiger partial charge is 0.336 e. The van der Waals surface area contributed by atoms with Crippen LogP contribution in [0.2, 0.25) is 5.15 Å². The molecule has 0 fully saturated rings.